The highest BCUT2D eigenvalue weighted by molar-refractivity contribution is 8.18. The van der Waals surface area contributed by atoms with Gasteiger partial charge >= 0.3 is 0 Å². The molecule has 0 bridgehead atoms. The Morgan fingerprint density at radius 3 is 2.50 bits per heavy atom. The standard InChI is InChI=1S/C24H18FN3O5S/c1-32-21-12-16(4-11-20(21)33-14-15-2-9-19(10-3-15)28(30)31)13-22-23(29)27-24(34-22)26-18-7-5-17(25)6-8-18/h2-13H,14H2,1H3,(H,26,27,29)/b22-13+. The van der Waals surface area contributed by atoms with Gasteiger partial charge in [0.1, 0.15) is 12.4 Å². The largest absolute Gasteiger partial charge is 0.493 e. The maximum absolute atomic E-state index is 13.1. The summed E-state index contributed by atoms with van der Waals surface area (Å²) in [5.41, 5.74) is 2.03. The quantitative estimate of drug-likeness (QED) is 0.283. The highest BCUT2D eigenvalue weighted by Crippen LogP contribution is 2.32. The van der Waals surface area contributed by atoms with Gasteiger partial charge in [0, 0.05) is 12.1 Å². The number of carbonyl (C=O) groups is 1. The topological polar surface area (TPSA) is 103 Å². The minimum absolute atomic E-state index is 0.0124. The number of non-ortho nitro benzene ring substituents is 1. The Hall–Kier alpha value is -4.18. The number of aliphatic imine (C=N–C) groups is 1. The lowest BCUT2D eigenvalue weighted by molar-refractivity contribution is -0.384. The number of carbonyl (C=O) groups excluding carboxylic acids is 1. The summed E-state index contributed by atoms with van der Waals surface area (Å²) in [6.07, 6.45) is 1.70. The minimum Gasteiger partial charge on any atom is -0.493 e. The molecule has 1 aliphatic heterocycles. The summed E-state index contributed by atoms with van der Waals surface area (Å²) in [5, 5.41) is 13.9. The number of halogens is 1. The SMILES string of the molecule is COc1cc(/C=C2/SC(=Nc3ccc(F)cc3)NC2=O)ccc1OCc1ccc([N+](=O)[O-])cc1. The van der Waals surface area contributed by atoms with E-state index < -0.39 is 4.92 Å². The molecule has 1 aliphatic rings. The molecule has 4 rings (SSSR count). The van der Waals surface area contributed by atoms with Gasteiger partial charge in [-0.05, 0) is 77.5 Å². The Balaban J connectivity index is 1.46. The first-order chi connectivity index (χ1) is 16.4. The summed E-state index contributed by atoms with van der Waals surface area (Å²) in [4.78, 5) is 27.4. The predicted octanol–water partition coefficient (Wildman–Crippen LogP) is 5.21. The second-order valence-electron chi connectivity index (χ2n) is 7.08. The molecular weight excluding hydrogens is 461 g/mol. The fraction of sp³-hybridized carbons (Fsp3) is 0.0833. The molecule has 1 fully saturated rings. The third-order valence-corrected chi connectivity index (χ3v) is 5.64. The van der Waals surface area contributed by atoms with Gasteiger partial charge < -0.3 is 14.8 Å². The molecule has 1 saturated heterocycles. The zero-order valence-corrected chi connectivity index (χ0v) is 18.7. The summed E-state index contributed by atoms with van der Waals surface area (Å²) >= 11 is 1.18. The lowest BCUT2D eigenvalue weighted by atomic mass is 10.2. The smallest absolute Gasteiger partial charge is 0.269 e. The number of nitrogens with zero attached hydrogens (tertiary/aromatic N) is 2. The number of amidine groups is 1. The molecule has 3 aromatic rings. The first-order valence-electron chi connectivity index (χ1n) is 10.0. The maximum Gasteiger partial charge on any atom is 0.269 e. The second kappa shape index (κ2) is 10.2. The number of rotatable bonds is 7. The van der Waals surface area contributed by atoms with Crippen molar-refractivity contribution >= 4 is 40.3 Å². The molecular formula is C24H18FN3O5S. The third kappa shape index (κ3) is 5.59. The molecule has 0 radical (unpaired) electrons. The number of nitrogens with one attached hydrogen (secondary N) is 1. The van der Waals surface area contributed by atoms with Crippen molar-refractivity contribution in [1.29, 1.82) is 0 Å². The van der Waals surface area contributed by atoms with Crippen LogP contribution >= 0.6 is 11.8 Å². The van der Waals surface area contributed by atoms with Crippen LogP contribution in [0.1, 0.15) is 11.1 Å². The monoisotopic (exact) mass is 479 g/mol. The average Bonchev–Trinajstić information content (AvgIpc) is 3.18. The second-order valence-corrected chi connectivity index (χ2v) is 8.11. The Morgan fingerprint density at radius 2 is 1.82 bits per heavy atom. The van der Waals surface area contributed by atoms with Gasteiger partial charge in [0.2, 0.25) is 0 Å². The highest BCUT2D eigenvalue weighted by atomic mass is 32.2. The van der Waals surface area contributed by atoms with Crippen LogP contribution in [-0.4, -0.2) is 23.1 Å². The van der Waals surface area contributed by atoms with Crippen LogP contribution < -0.4 is 14.8 Å². The summed E-state index contributed by atoms with van der Waals surface area (Å²) in [5.74, 6) is 0.315. The van der Waals surface area contributed by atoms with Gasteiger partial charge in [-0.1, -0.05) is 6.07 Å². The van der Waals surface area contributed by atoms with E-state index in [1.807, 2.05) is 0 Å². The molecule has 0 aliphatic carbocycles. The fourth-order valence-electron chi connectivity index (χ4n) is 3.03. The normalized spacial score (nSPS) is 15.4. The lowest BCUT2D eigenvalue weighted by Gasteiger charge is -2.11. The van der Waals surface area contributed by atoms with E-state index in [-0.39, 0.29) is 24.0 Å². The summed E-state index contributed by atoms with van der Waals surface area (Å²) < 4.78 is 24.3. The van der Waals surface area contributed by atoms with Crippen molar-refractivity contribution < 1.29 is 23.6 Å². The zero-order valence-electron chi connectivity index (χ0n) is 17.9. The average molecular weight is 479 g/mol. The molecule has 172 valence electrons. The van der Waals surface area contributed by atoms with Gasteiger partial charge in [-0.15, -0.1) is 0 Å². The maximum atomic E-state index is 13.1. The number of methoxy groups -OCH3 is 1. The zero-order chi connectivity index (χ0) is 24.1. The molecule has 34 heavy (non-hydrogen) atoms. The van der Waals surface area contributed by atoms with E-state index in [1.165, 1.54) is 55.3 Å². The van der Waals surface area contributed by atoms with Crippen molar-refractivity contribution in [2.75, 3.05) is 7.11 Å². The van der Waals surface area contributed by atoms with Crippen LogP contribution in [0.25, 0.3) is 6.08 Å². The third-order valence-electron chi connectivity index (χ3n) is 4.74. The van der Waals surface area contributed by atoms with Gasteiger partial charge in [-0.3, -0.25) is 14.9 Å². The molecule has 0 spiro atoms. The Kier molecular flexibility index (Phi) is 6.88. The van der Waals surface area contributed by atoms with Gasteiger partial charge in [-0.2, -0.15) is 0 Å². The van der Waals surface area contributed by atoms with Gasteiger partial charge in [-0.25, -0.2) is 9.38 Å². The van der Waals surface area contributed by atoms with E-state index in [0.29, 0.717) is 27.3 Å². The molecule has 1 heterocycles. The molecule has 0 unspecified atom stereocenters. The van der Waals surface area contributed by atoms with Crippen molar-refractivity contribution in [2.45, 2.75) is 6.61 Å². The van der Waals surface area contributed by atoms with Crippen molar-refractivity contribution in [1.82, 2.24) is 5.32 Å². The fourth-order valence-corrected chi connectivity index (χ4v) is 3.87. The minimum atomic E-state index is -0.457. The summed E-state index contributed by atoms with van der Waals surface area (Å²) in [6, 6.07) is 17.0. The van der Waals surface area contributed by atoms with Crippen LogP contribution in [0.5, 0.6) is 11.5 Å². The molecule has 0 saturated carbocycles. The van der Waals surface area contributed by atoms with E-state index in [1.54, 1.807) is 36.4 Å². The first-order valence-corrected chi connectivity index (χ1v) is 10.8. The van der Waals surface area contributed by atoms with E-state index in [2.05, 4.69) is 10.3 Å². The van der Waals surface area contributed by atoms with Crippen LogP contribution in [0.2, 0.25) is 0 Å². The van der Waals surface area contributed by atoms with Crippen LogP contribution in [0.15, 0.2) is 76.6 Å². The van der Waals surface area contributed by atoms with Crippen LogP contribution in [0, 0.1) is 15.9 Å². The van der Waals surface area contributed by atoms with Crippen LogP contribution in [0.4, 0.5) is 15.8 Å². The lowest BCUT2D eigenvalue weighted by Crippen LogP contribution is -2.19. The molecule has 8 nitrogen and oxygen atoms in total. The molecule has 0 aromatic heterocycles. The van der Waals surface area contributed by atoms with E-state index in [0.717, 1.165) is 11.1 Å². The molecule has 0 atom stereocenters. The molecule has 3 aromatic carbocycles. The van der Waals surface area contributed by atoms with E-state index in [4.69, 9.17) is 9.47 Å². The number of nitro groups is 1. The Morgan fingerprint density at radius 1 is 1.09 bits per heavy atom. The molecule has 1 N–H and O–H groups in total. The van der Waals surface area contributed by atoms with Crippen molar-refractivity contribution in [3.63, 3.8) is 0 Å². The number of benzene rings is 3. The highest BCUT2D eigenvalue weighted by Gasteiger charge is 2.24. The van der Waals surface area contributed by atoms with Crippen molar-refractivity contribution in [3.05, 3.63) is 98.7 Å². The van der Waals surface area contributed by atoms with Crippen LogP contribution in [0.3, 0.4) is 0 Å². The number of ether oxygens (including phenoxy) is 2. The van der Waals surface area contributed by atoms with Crippen molar-refractivity contribution in [3.8, 4) is 11.5 Å². The van der Waals surface area contributed by atoms with E-state index in [9.17, 15) is 19.3 Å². The summed E-state index contributed by atoms with van der Waals surface area (Å²) in [7, 11) is 1.51. The van der Waals surface area contributed by atoms with Crippen molar-refractivity contribution in [2.24, 2.45) is 4.99 Å². The summed E-state index contributed by atoms with van der Waals surface area (Å²) in [6.45, 7) is 0.205. The van der Waals surface area contributed by atoms with Gasteiger partial charge in [0.25, 0.3) is 11.6 Å². The molecule has 1 amide bonds. The van der Waals surface area contributed by atoms with Gasteiger partial charge in [0.05, 0.1) is 22.6 Å². The number of nitro benzene ring substituents is 1. The number of thioether (sulfide) groups is 1. The number of hydrogen-bond acceptors (Lipinski definition) is 7. The number of amides is 1. The van der Waals surface area contributed by atoms with Gasteiger partial charge in [0.15, 0.2) is 16.7 Å². The number of hydrogen-bond donors (Lipinski definition) is 1. The van der Waals surface area contributed by atoms with Crippen LogP contribution in [-0.2, 0) is 11.4 Å². The van der Waals surface area contributed by atoms with E-state index >= 15 is 0 Å². The first kappa shape index (κ1) is 23.0. The Labute approximate surface area is 198 Å². The predicted molar refractivity (Wildman–Crippen MR) is 128 cm³/mol. The Bertz CT molecular complexity index is 1290. The molecule has 10 heteroatoms.